The standard InChI is InChI=1S/C15H25ClN2O/c1-4-19-10-9-18(3)15(2,12-17)11-13-5-7-14(16)8-6-13/h5-8H,4,9-12,17H2,1-3H3. The van der Waals surface area contributed by atoms with Gasteiger partial charge in [0.15, 0.2) is 0 Å². The highest BCUT2D eigenvalue weighted by atomic mass is 35.5. The lowest BCUT2D eigenvalue weighted by Gasteiger charge is -2.38. The molecule has 1 atom stereocenters. The van der Waals surface area contributed by atoms with Gasteiger partial charge in [0.2, 0.25) is 0 Å². The number of benzene rings is 1. The average molecular weight is 285 g/mol. The molecule has 0 saturated heterocycles. The molecule has 0 aromatic heterocycles. The fourth-order valence-corrected chi connectivity index (χ4v) is 2.15. The van der Waals surface area contributed by atoms with Crippen molar-refractivity contribution in [2.24, 2.45) is 5.73 Å². The normalized spacial score (nSPS) is 14.6. The van der Waals surface area contributed by atoms with Crippen LogP contribution < -0.4 is 5.73 Å². The Hall–Kier alpha value is -0.610. The number of nitrogens with two attached hydrogens (primary N) is 1. The van der Waals surface area contributed by atoms with Gasteiger partial charge in [-0.05, 0) is 45.0 Å². The van der Waals surface area contributed by atoms with Crippen LogP contribution in [0.3, 0.4) is 0 Å². The van der Waals surface area contributed by atoms with E-state index in [9.17, 15) is 0 Å². The topological polar surface area (TPSA) is 38.5 Å². The van der Waals surface area contributed by atoms with Gasteiger partial charge in [0.25, 0.3) is 0 Å². The summed E-state index contributed by atoms with van der Waals surface area (Å²) in [7, 11) is 2.10. The molecule has 0 bridgehead atoms. The van der Waals surface area contributed by atoms with E-state index >= 15 is 0 Å². The first-order chi connectivity index (χ1) is 9.01. The molecule has 0 aliphatic carbocycles. The van der Waals surface area contributed by atoms with E-state index in [0.29, 0.717) is 6.54 Å². The molecule has 2 N–H and O–H groups in total. The zero-order valence-corrected chi connectivity index (χ0v) is 12.9. The van der Waals surface area contributed by atoms with Crippen LogP contribution in [0, 0.1) is 0 Å². The third-order valence-electron chi connectivity index (χ3n) is 3.63. The van der Waals surface area contributed by atoms with Gasteiger partial charge >= 0.3 is 0 Å². The maximum Gasteiger partial charge on any atom is 0.0593 e. The van der Waals surface area contributed by atoms with Crippen LogP contribution in [0.25, 0.3) is 0 Å². The molecule has 1 rings (SSSR count). The number of ether oxygens (including phenoxy) is 1. The van der Waals surface area contributed by atoms with E-state index < -0.39 is 0 Å². The largest absolute Gasteiger partial charge is 0.380 e. The van der Waals surface area contributed by atoms with E-state index in [1.165, 1.54) is 5.56 Å². The van der Waals surface area contributed by atoms with Crippen molar-refractivity contribution in [1.82, 2.24) is 4.90 Å². The minimum absolute atomic E-state index is 0.0646. The average Bonchev–Trinajstić information content (AvgIpc) is 2.41. The maximum atomic E-state index is 5.98. The fraction of sp³-hybridized carbons (Fsp3) is 0.600. The molecule has 0 amide bonds. The number of halogens is 1. The second kappa shape index (κ2) is 7.85. The smallest absolute Gasteiger partial charge is 0.0593 e. The Kier molecular flexibility index (Phi) is 6.80. The Bertz CT molecular complexity index is 369. The van der Waals surface area contributed by atoms with Gasteiger partial charge in [0.05, 0.1) is 6.61 Å². The Morgan fingerprint density at radius 2 is 1.95 bits per heavy atom. The van der Waals surface area contributed by atoms with E-state index in [2.05, 4.69) is 31.0 Å². The van der Waals surface area contributed by atoms with Crippen molar-refractivity contribution in [3.63, 3.8) is 0 Å². The van der Waals surface area contributed by atoms with Crippen LogP contribution in [0.1, 0.15) is 19.4 Å². The molecule has 1 aromatic carbocycles. The first-order valence-electron chi connectivity index (χ1n) is 6.75. The molecule has 0 fully saturated rings. The summed E-state index contributed by atoms with van der Waals surface area (Å²) in [5, 5.41) is 0.767. The van der Waals surface area contributed by atoms with Crippen LogP contribution in [-0.4, -0.2) is 43.8 Å². The number of hydrogen-bond donors (Lipinski definition) is 1. The lowest BCUT2D eigenvalue weighted by molar-refractivity contribution is 0.0760. The Morgan fingerprint density at radius 1 is 1.32 bits per heavy atom. The Morgan fingerprint density at radius 3 is 2.47 bits per heavy atom. The zero-order valence-electron chi connectivity index (χ0n) is 12.2. The lowest BCUT2D eigenvalue weighted by atomic mass is 9.91. The molecule has 0 aliphatic heterocycles. The molecule has 108 valence electrons. The van der Waals surface area contributed by atoms with Crippen LogP contribution in [0.4, 0.5) is 0 Å². The number of rotatable bonds is 8. The van der Waals surface area contributed by atoms with Crippen LogP contribution in [0.2, 0.25) is 5.02 Å². The maximum absolute atomic E-state index is 5.98. The number of nitrogens with zero attached hydrogens (tertiary/aromatic N) is 1. The van der Waals surface area contributed by atoms with Crippen molar-refractivity contribution in [2.75, 3.05) is 33.4 Å². The van der Waals surface area contributed by atoms with E-state index in [1.54, 1.807) is 0 Å². The van der Waals surface area contributed by atoms with E-state index in [-0.39, 0.29) is 5.54 Å². The third-order valence-corrected chi connectivity index (χ3v) is 3.89. The van der Waals surface area contributed by atoms with Gasteiger partial charge in [0, 0.05) is 30.3 Å². The van der Waals surface area contributed by atoms with Crippen molar-refractivity contribution in [2.45, 2.75) is 25.8 Å². The lowest BCUT2D eigenvalue weighted by Crippen LogP contribution is -2.52. The van der Waals surface area contributed by atoms with Crippen molar-refractivity contribution in [1.29, 1.82) is 0 Å². The molecule has 1 aromatic rings. The van der Waals surface area contributed by atoms with Crippen molar-refractivity contribution in [3.8, 4) is 0 Å². The highest BCUT2D eigenvalue weighted by Gasteiger charge is 2.27. The Balaban J connectivity index is 2.65. The first kappa shape index (κ1) is 16.4. The summed E-state index contributed by atoms with van der Waals surface area (Å²) in [6, 6.07) is 7.97. The molecule has 19 heavy (non-hydrogen) atoms. The monoisotopic (exact) mass is 284 g/mol. The summed E-state index contributed by atoms with van der Waals surface area (Å²) in [5.74, 6) is 0. The summed E-state index contributed by atoms with van der Waals surface area (Å²) in [5.41, 5.74) is 7.17. The van der Waals surface area contributed by atoms with Gasteiger partial charge < -0.3 is 10.5 Å². The van der Waals surface area contributed by atoms with Gasteiger partial charge in [-0.2, -0.15) is 0 Å². The summed E-state index contributed by atoms with van der Waals surface area (Å²) >= 11 is 5.91. The minimum atomic E-state index is -0.0646. The fourth-order valence-electron chi connectivity index (χ4n) is 2.02. The van der Waals surface area contributed by atoms with Gasteiger partial charge in [-0.15, -0.1) is 0 Å². The highest BCUT2D eigenvalue weighted by Crippen LogP contribution is 2.20. The van der Waals surface area contributed by atoms with Crippen LogP contribution >= 0.6 is 11.6 Å². The van der Waals surface area contributed by atoms with Gasteiger partial charge in [0.1, 0.15) is 0 Å². The second-order valence-corrected chi connectivity index (χ2v) is 5.56. The summed E-state index contributed by atoms with van der Waals surface area (Å²) in [6.45, 7) is 7.18. The minimum Gasteiger partial charge on any atom is -0.380 e. The molecule has 0 aliphatic rings. The predicted molar refractivity (Wildman–Crippen MR) is 81.7 cm³/mol. The molecule has 0 heterocycles. The quantitative estimate of drug-likeness (QED) is 0.746. The van der Waals surface area contributed by atoms with E-state index in [1.807, 2.05) is 19.1 Å². The van der Waals surface area contributed by atoms with Crippen LogP contribution in [-0.2, 0) is 11.2 Å². The van der Waals surface area contributed by atoms with Crippen molar-refractivity contribution >= 4 is 11.6 Å². The summed E-state index contributed by atoms with van der Waals surface area (Å²) in [4.78, 5) is 2.28. The predicted octanol–water partition coefficient (Wildman–Crippen LogP) is 2.57. The zero-order chi connectivity index (χ0) is 14.3. The molecule has 1 unspecified atom stereocenters. The van der Waals surface area contributed by atoms with Crippen molar-refractivity contribution in [3.05, 3.63) is 34.9 Å². The molecular formula is C15H25ClN2O. The Labute approximate surface area is 121 Å². The first-order valence-corrected chi connectivity index (χ1v) is 7.13. The van der Waals surface area contributed by atoms with Crippen LogP contribution in [0.5, 0.6) is 0 Å². The molecule has 0 saturated carbocycles. The van der Waals surface area contributed by atoms with Crippen LogP contribution in [0.15, 0.2) is 24.3 Å². The molecule has 4 heteroatoms. The second-order valence-electron chi connectivity index (χ2n) is 5.12. The molecular weight excluding hydrogens is 260 g/mol. The summed E-state index contributed by atoms with van der Waals surface area (Å²) in [6.07, 6.45) is 0.906. The highest BCUT2D eigenvalue weighted by molar-refractivity contribution is 6.30. The SMILES string of the molecule is CCOCCN(C)C(C)(CN)Cc1ccc(Cl)cc1. The molecule has 3 nitrogen and oxygen atoms in total. The summed E-state index contributed by atoms with van der Waals surface area (Å²) < 4.78 is 5.41. The van der Waals surface area contributed by atoms with Gasteiger partial charge in [-0.1, -0.05) is 23.7 Å². The number of likely N-dealkylation sites (N-methyl/N-ethyl adjacent to an activating group) is 1. The molecule has 0 radical (unpaired) electrons. The number of hydrogen-bond acceptors (Lipinski definition) is 3. The van der Waals surface area contributed by atoms with Gasteiger partial charge in [-0.3, -0.25) is 4.90 Å². The van der Waals surface area contributed by atoms with Gasteiger partial charge in [-0.25, -0.2) is 0 Å². The van der Waals surface area contributed by atoms with E-state index in [0.717, 1.165) is 31.2 Å². The van der Waals surface area contributed by atoms with Crippen molar-refractivity contribution < 1.29 is 4.74 Å². The third kappa shape index (κ3) is 5.11. The van der Waals surface area contributed by atoms with E-state index in [4.69, 9.17) is 22.1 Å². The molecule has 0 spiro atoms.